The highest BCUT2D eigenvalue weighted by Gasteiger charge is 1.76. The molecule has 0 nitrogen and oxygen atoms in total. The molecular formula is C9H21Cl. The quantitative estimate of drug-likeness (QED) is 0.436. The predicted octanol–water partition coefficient (Wildman–Crippen LogP) is 4.08. The summed E-state index contributed by atoms with van der Waals surface area (Å²) in [6.45, 7) is 8.67. The summed E-state index contributed by atoms with van der Waals surface area (Å²) in [6, 6.07) is 0. The summed E-state index contributed by atoms with van der Waals surface area (Å²) in [5.41, 5.74) is 0. The van der Waals surface area contributed by atoms with Crippen LogP contribution >= 0.6 is 11.6 Å². The molecule has 0 aliphatic heterocycles. The zero-order valence-corrected chi connectivity index (χ0v) is 8.54. The van der Waals surface area contributed by atoms with Crippen molar-refractivity contribution in [2.24, 2.45) is 5.92 Å². The van der Waals surface area contributed by atoms with Crippen LogP contribution in [0.3, 0.4) is 0 Å². The van der Waals surface area contributed by atoms with Gasteiger partial charge in [0.2, 0.25) is 0 Å². The molecule has 0 fully saturated rings. The second-order valence-corrected chi connectivity index (χ2v) is 3.51. The molecule has 0 aliphatic carbocycles. The van der Waals surface area contributed by atoms with Gasteiger partial charge in [-0.05, 0) is 12.3 Å². The number of unbranched alkanes of at least 4 members (excludes halogenated alkanes) is 2. The van der Waals surface area contributed by atoms with Crippen molar-refractivity contribution >= 4 is 11.6 Å². The maximum absolute atomic E-state index is 5.38. The molecular weight excluding hydrogens is 144 g/mol. The van der Waals surface area contributed by atoms with Gasteiger partial charge in [0.05, 0.1) is 0 Å². The molecule has 0 N–H and O–H groups in total. The lowest BCUT2D eigenvalue weighted by Crippen LogP contribution is -1.70. The van der Waals surface area contributed by atoms with Crippen molar-refractivity contribution in [2.45, 2.75) is 47.0 Å². The van der Waals surface area contributed by atoms with E-state index in [1.54, 1.807) is 0 Å². The number of alkyl halides is 1. The van der Waals surface area contributed by atoms with Crippen molar-refractivity contribution in [3.8, 4) is 0 Å². The van der Waals surface area contributed by atoms with Crippen molar-refractivity contribution in [3.05, 3.63) is 0 Å². The van der Waals surface area contributed by atoms with E-state index in [9.17, 15) is 0 Å². The standard InChI is InChI=1S/C5H11Cl.C4H10/c1-2-3-4-5-6;1-4(2)3/h2-5H2,1H3;4H,1-3H3. The van der Waals surface area contributed by atoms with Gasteiger partial charge in [-0.25, -0.2) is 0 Å². The maximum atomic E-state index is 5.38. The molecule has 0 amide bonds. The largest absolute Gasteiger partial charge is 0.127 e. The Morgan fingerprint density at radius 3 is 1.60 bits per heavy atom. The van der Waals surface area contributed by atoms with Crippen molar-refractivity contribution in [3.63, 3.8) is 0 Å². The zero-order chi connectivity index (χ0) is 8.41. The van der Waals surface area contributed by atoms with Crippen LogP contribution in [0.15, 0.2) is 0 Å². The van der Waals surface area contributed by atoms with E-state index < -0.39 is 0 Å². The Hall–Kier alpha value is 0.290. The van der Waals surface area contributed by atoms with Gasteiger partial charge in [0.15, 0.2) is 0 Å². The van der Waals surface area contributed by atoms with Gasteiger partial charge in [-0.2, -0.15) is 0 Å². The first-order valence-electron chi connectivity index (χ1n) is 4.21. The molecule has 64 valence electrons. The molecule has 0 spiro atoms. The fourth-order valence-electron chi connectivity index (χ4n) is 0.344. The van der Waals surface area contributed by atoms with Gasteiger partial charge in [-0.3, -0.25) is 0 Å². The molecule has 0 rings (SSSR count). The zero-order valence-electron chi connectivity index (χ0n) is 7.78. The molecule has 0 atom stereocenters. The molecule has 0 bridgehead atoms. The van der Waals surface area contributed by atoms with Gasteiger partial charge >= 0.3 is 0 Å². The summed E-state index contributed by atoms with van der Waals surface area (Å²) < 4.78 is 0. The summed E-state index contributed by atoms with van der Waals surface area (Å²) in [5.74, 6) is 1.66. The Morgan fingerprint density at radius 2 is 1.50 bits per heavy atom. The first-order valence-corrected chi connectivity index (χ1v) is 4.74. The normalized spacial score (nSPS) is 9.00. The minimum absolute atomic E-state index is 0.827. The number of halogens is 1. The van der Waals surface area contributed by atoms with Crippen LogP contribution in [0, 0.1) is 5.92 Å². The van der Waals surface area contributed by atoms with Crippen LogP contribution in [0.25, 0.3) is 0 Å². The van der Waals surface area contributed by atoms with Gasteiger partial charge in [0, 0.05) is 5.88 Å². The Bertz CT molecular complexity index is 35.2. The smallest absolute Gasteiger partial charge is 0.0223 e. The lowest BCUT2D eigenvalue weighted by atomic mass is 10.3. The highest BCUT2D eigenvalue weighted by atomic mass is 35.5. The molecule has 0 radical (unpaired) electrons. The topological polar surface area (TPSA) is 0 Å². The van der Waals surface area contributed by atoms with Crippen LogP contribution in [0.4, 0.5) is 0 Å². The third-order valence-electron chi connectivity index (χ3n) is 0.737. The highest BCUT2D eigenvalue weighted by Crippen LogP contribution is 1.93. The van der Waals surface area contributed by atoms with Crippen LogP contribution in [-0.4, -0.2) is 5.88 Å². The SMILES string of the molecule is CC(C)C.CCCCCCl. The van der Waals surface area contributed by atoms with Crippen LogP contribution in [0.1, 0.15) is 47.0 Å². The lowest BCUT2D eigenvalue weighted by Gasteiger charge is -1.84. The van der Waals surface area contributed by atoms with Gasteiger partial charge in [-0.15, -0.1) is 11.6 Å². The average molecular weight is 165 g/mol. The monoisotopic (exact) mass is 164 g/mol. The third kappa shape index (κ3) is 40.7. The predicted molar refractivity (Wildman–Crippen MR) is 50.8 cm³/mol. The first kappa shape index (κ1) is 12.9. The molecule has 0 saturated carbocycles. The van der Waals surface area contributed by atoms with Crippen molar-refractivity contribution < 1.29 is 0 Å². The van der Waals surface area contributed by atoms with E-state index >= 15 is 0 Å². The number of hydrogen-bond donors (Lipinski definition) is 0. The summed E-state index contributed by atoms with van der Waals surface area (Å²) in [7, 11) is 0. The average Bonchev–Trinajstić information content (AvgIpc) is 1.82. The Morgan fingerprint density at radius 1 is 1.10 bits per heavy atom. The Balaban J connectivity index is 0. The summed E-state index contributed by atoms with van der Waals surface area (Å²) >= 11 is 5.38. The molecule has 1 heteroatoms. The lowest BCUT2D eigenvalue weighted by molar-refractivity contribution is 0.737. The molecule has 0 heterocycles. The molecule has 10 heavy (non-hydrogen) atoms. The van der Waals surface area contributed by atoms with Crippen LogP contribution < -0.4 is 0 Å². The van der Waals surface area contributed by atoms with E-state index in [0.29, 0.717) is 0 Å². The molecule has 0 saturated heterocycles. The van der Waals surface area contributed by atoms with E-state index in [1.807, 2.05) is 0 Å². The van der Waals surface area contributed by atoms with Gasteiger partial charge in [0.25, 0.3) is 0 Å². The fourth-order valence-corrected chi connectivity index (χ4v) is 0.533. The summed E-state index contributed by atoms with van der Waals surface area (Å²) in [6.07, 6.45) is 3.73. The Kier molecular flexibility index (Phi) is 15.5. The second kappa shape index (κ2) is 12.0. The van der Waals surface area contributed by atoms with Crippen molar-refractivity contribution in [1.29, 1.82) is 0 Å². The minimum atomic E-state index is 0.827. The van der Waals surface area contributed by atoms with Gasteiger partial charge in [0.1, 0.15) is 0 Å². The molecule has 0 aromatic rings. The van der Waals surface area contributed by atoms with E-state index in [-0.39, 0.29) is 0 Å². The molecule has 0 unspecified atom stereocenters. The van der Waals surface area contributed by atoms with Crippen molar-refractivity contribution in [1.82, 2.24) is 0 Å². The Labute approximate surface area is 71.0 Å². The minimum Gasteiger partial charge on any atom is -0.127 e. The number of rotatable bonds is 3. The van der Waals surface area contributed by atoms with Crippen LogP contribution in [0.2, 0.25) is 0 Å². The van der Waals surface area contributed by atoms with Crippen molar-refractivity contribution in [2.75, 3.05) is 5.88 Å². The molecule has 0 aliphatic rings. The highest BCUT2D eigenvalue weighted by molar-refractivity contribution is 6.17. The molecule has 0 aromatic heterocycles. The summed E-state index contributed by atoms with van der Waals surface area (Å²) in [4.78, 5) is 0. The van der Waals surface area contributed by atoms with Gasteiger partial charge in [-0.1, -0.05) is 40.5 Å². The van der Waals surface area contributed by atoms with Gasteiger partial charge < -0.3 is 0 Å². The van der Waals surface area contributed by atoms with Crippen LogP contribution in [-0.2, 0) is 0 Å². The van der Waals surface area contributed by atoms with Crippen LogP contribution in [0.5, 0.6) is 0 Å². The third-order valence-corrected chi connectivity index (χ3v) is 1.00. The summed E-state index contributed by atoms with van der Waals surface area (Å²) in [5, 5.41) is 0. The van der Waals surface area contributed by atoms with E-state index in [0.717, 1.165) is 11.8 Å². The number of hydrogen-bond acceptors (Lipinski definition) is 0. The molecule has 0 aromatic carbocycles. The van der Waals surface area contributed by atoms with E-state index in [2.05, 4.69) is 27.7 Å². The maximum Gasteiger partial charge on any atom is 0.0223 e. The second-order valence-electron chi connectivity index (χ2n) is 3.13. The first-order chi connectivity index (χ1) is 4.65. The van der Waals surface area contributed by atoms with E-state index in [1.165, 1.54) is 19.3 Å². The van der Waals surface area contributed by atoms with E-state index in [4.69, 9.17) is 11.6 Å². The fraction of sp³-hybridized carbons (Fsp3) is 1.00.